The van der Waals surface area contributed by atoms with Crippen LogP contribution in [0.4, 0.5) is 9.59 Å². The van der Waals surface area contributed by atoms with E-state index in [1.807, 2.05) is 32.9 Å². The quantitative estimate of drug-likeness (QED) is 0.0127. The van der Waals surface area contributed by atoms with E-state index in [9.17, 15) is 79.8 Å². The van der Waals surface area contributed by atoms with Crippen LogP contribution in [0.3, 0.4) is 0 Å². The summed E-state index contributed by atoms with van der Waals surface area (Å²) >= 11 is 0. The summed E-state index contributed by atoms with van der Waals surface area (Å²) in [6, 6.07) is 4.95. The number of ether oxygens (including phenoxy) is 17. The Bertz CT molecular complexity index is 4120. The third-order valence-corrected chi connectivity index (χ3v) is 25.3. The van der Waals surface area contributed by atoms with Gasteiger partial charge < -0.3 is 153 Å². The molecular formula is C107H180N4O33. The number of methoxy groups -OCH3 is 5. The van der Waals surface area contributed by atoms with Gasteiger partial charge in [0.15, 0.2) is 44.0 Å². The van der Waals surface area contributed by atoms with Crippen molar-refractivity contribution < 1.29 is 160 Å². The number of aliphatic hydroxyl groups is 10. The first-order chi connectivity index (χ1) is 67.1. The minimum absolute atomic E-state index is 0. The highest BCUT2D eigenvalue weighted by Gasteiger charge is 2.52. The van der Waals surface area contributed by atoms with Gasteiger partial charge in [0.25, 0.3) is 5.91 Å². The summed E-state index contributed by atoms with van der Waals surface area (Å²) in [4.78, 5) is 77.2. The molecular weight excluding hydrogens is 1870 g/mol. The van der Waals surface area contributed by atoms with Crippen molar-refractivity contribution in [3.63, 3.8) is 0 Å². The van der Waals surface area contributed by atoms with E-state index < -0.39 is 178 Å². The van der Waals surface area contributed by atoms with Crippen LogP contribution in [0.25, 0.3) is 0 Å². The van der Waals surface area contributed by atoms with Gasteiger partial charge in [0.2, 0.25) is 5.91 Å². The number of aliphatic hydroxyl groups excluding tert-OH is 10. The van der Waals surface area contributed by atoms with Crippen molar-refractivity contribution in [3.8, 4) is 17.2 Å². The zero-order valence-corrected chi connectivity index (χ0v) is 84.7. The molecule has 4 saturated heterocycles. The second-order valence-electron chi connectivity index (χ2n) is 37.1. The van der Waals surface area contributed by atoms with Gasteiger partial charge in [0.05, 0.1) is 46.7 Å². The lowest BCUT2D eigenvalue weighted by Crippen LogP contribution is -2.62. The zero-order valence-electron chi connectivity index (χ0n) is 84.7. The molecule has 14 N–H and O–H groups in total. The minimum Gasteiger partial charge on any atom is -0.492 e. The Balaban J connectivity index is 0.000000950. The lowest BCUT2D eigenvalue weighted by molar-refractivity contribution is -0.328. The van der Waals surface area contributed by atoms with E-state index in [2.05, 4.69) is 124 Å². The molecule has 8 unspecified atom stereocenters. The molecule has 5 heterocycles. The summed E-state index contributed by atoms with van der Waals surface area (Å²) in [6.45, 7) is 20.1. The fraction of sp³-hybridized carbons (Fsp3) is 0.720. The molecule has 144 heavy (non-hydrogen) atoms. The van der Waals surface area contributed by atoms with E-state index in [1.54, 1.807) is 31.2 Å². The van der Waals surface area contributed by atoms with Crippen LogP contribution in [0, 0.1) is 38.5 Å². The van der Waals surface area contributed by atoms with Gasteiger partial charge in [-0.05, 0) is 177 Å². The van der Waals surface area contributed by atoms with Crippen molar-refractivity contribution in [1.29, 1.82) is 0 Å². The van der Waals surface area contributed by atoms with Crippen LogP contribution in [-0.2, 0) is 98.3 Å². The predicted molar refractivity (Wildman–Crippen MR) is 546 cm³/mol. The molecule has 25 atom stereocenters. The van der Waals surface area contributed by atoms with E-state index in [-0.39, 0.29) is 107 Å². The summed E-state index contributed by atoms with van der Waals surface area (Å²) in [6.07, 6.45) is 14.6. The topological polar surface area (TPSA) is 510 Å². The number of hydrogen-bond acceptors (Lipinski definition) is 33. The number of rotatable bonds is 59. The van der Waals surface area contributed by atoms with Gasteiger partial charge >= 0.3 is 24.1 Å². The molecule has 2 aromatic carbocycles. The second kappa shape index (κ2) is 71.5. The summed E-state index contributed by atoms with van der Waals surface area (Å²) in [5.74, 6) is 2.33. The fourth-order valence-electron chi connectivity index (χ4n) is 16.9. The first kappa shape index (κ1) is 132. The molecule has 2 aromatic rings. The predicted octanol–water partition coefficient (Wildman–Crippen LogP) is 11.3. The van der Waals surface area contributed by atoms with Crippen LogP contribution in [0.15, 0.2) is 97.2 Å². The Morgan fingerprint density at radius 2 is 0.931 bits per heavy atom. The Kier molecular flexibility index (Phi) is 65.5. The van der Waals surface area contributed by atoms with Gasteiger partial charge in [-0.2, -0.15) is 0 Å². The SMILES string of the molecule is C.C.C.C.CC/C=C\C/C=C\C/C=C\C/C=C\C/C=C\C/C=C\CCC(=O)N[C@@H](Cc1ccc(OCCNC(=O)O[C@@H]2C(O)[C@@H](OC)OC(CO[C@H]3OC(COC)[C@@H](O)[C@H](O)C3O)[C@H]2O)cc1)C(=O)OC.CCOC(=O)[C@H](CCCCNC(=O)O[C@@H]1C(O)[C@@H](OC)OC(CO[C@H]2OC(COC)[C@@H](O)[C@H](O)C2O)[C@H]1O)NC(=O)COc1c(C)c(C)c2c(c1C)CC[C@](C)(CCC[C@@H](C)CCC[C@@H](C)CCCC(C)C)O2. The maximum absolute atomic E-state index is 13.3. The van der Waals surface area contributed by atoms with E-state index in [0.717, 1.165) is 110 Å². The highest BCUT2D eigenvalue weighted by molar-refractivity contribution is 5.86. The Morgan fingerprint density at radius 3 is 1.40 bits per heavy atom. The molecule has 0 aromatic heterocycles. The van der Waals surface area contributed by atoms with Crippen LogP contribution in [0.1, 0.15) is 241 Å². The average molecular weight is 2050 g/mol. The van der Waals surface area contributed by atoms with E-state index in [0.29, 0.717) is 36.7 Å². The Hall–Kier alpha value is -8.10. The number of unbranched alkanes of at least 4 members (excludes halogenated alkanes) is 1. The van der Waals surface area contributed by atoms with Gasteiger partial charge in [0, 0.05) is 53.4 Å². The van der Waals surface area contributed by atoms with Crippen LogP contribution < -0.4 is 35.5 Å². The number of carbonyl (C=O) groups is 6. The molecule has 37 heteroatoms. The zero-order chi connectivity index (χ0) is 103. The minimum atomic E-state index is -1.66. The number of nitrogens with one attached hydrogen (secondary N) is 4. The number of carbonyl (C=O) groups excluding carboxylic acids is 6. The monoisotopic (exact) mass is 2050 g/mol. The number of fused-ring (bicyclic) bond motifs is 1. The van der Waals surface area contributed by atoms with Crippen LogP contribution >= 0.6 is 0 Å². The average Bonchev–Trinajstić information content (AvgIpc) is 0.756. The summed E-state index contributed by atoms with van der Waals surface area (Å²) in [7, 11) is 6.46. The molecule has 4 amide bonds. The summed E-state index contributed by atoms with van der Waals surface area (Å²) in [5, 5.41) is 116. The van der Waals surface area contributed by atoms with Crippen molar-refractivity contribution >= 4 is 35.9 Å². The van der Waals surface area contributed by atoms with Crippen molar-refractivity contribution in [2.75, 3.05) is 94.9 Å². The van der Waals surface area contributed by atoms with Crippen LogP contribution in [-0.4, -0.2) is 322 Å². The van der Waals surface area contributed by atoms with E-state index >= 15 is 0 Å². The van der Waals surface area contributed by atoms with Crippen molar-refractivity contribution in [1.82, 2.24) is 21.3 Å². The first-order valence-corrected chi connectivity index (χ1v) is 49.6. The highest BCUT2D eigenvalue weighted by atomic mass is 16.8. The van der Waals surface area contributed by atoms with Gasteiger partial charge in [0.1, 0.15) is 127 Å². The highest BCUT2D eigenvalue weighted by Crippen LogP contribution is 2.46. The Morgan fingerprint density at radius 1 is 0.472 bits per heavy atom. The molecule has 0 radical (unpaired) electrons. The lowest BCUT2D eigenvalue weighted by atomic mass is 9.83. The number of amides is 4. The number of hydrogen-bond donors (Lipinski definition) is 14. The molecule has 0 spiro atoms. The number of benzene rings is 2. The molecule has 37 nitrogen and oxygen atoms in total. The van der Waals surface area contributed by atoms with Gasteiger partial charge in [-0.3, -0.25) is 9.59 Å². The van der Waals surface area contributed by atoms with Gasteiger partial charge in [-0.15, -0.1) is 0 Å². The number of alkyl carbamates (subject to hydrolysis) is 2. The fourth-order valence-corrected chi connectivity index (χ4v) is 16.9. The number of esters is 2. The lowest BCUT2D eigenvalue weighted by Gasteiger charge is -2.43. The van der Waals surface area contributed by atoms with Crippen molar-refractivity contribution in [2.24, 2.45) is 17.8 Å². The molecule has 826 valence electrons. The largest absolute Gasteiger partial charge is 0.492 e. The summed E-state index contributed by atoms with van der Waals surface area (Å²) in [5.41, 5.74) is 4.39. The molecule has 0 aliphatic carbocycles. The smallest absolute Gasteiger partial charge is 0.407 e. The van der Waals surface area contributed by atoms with Gasteiger partial charge in [-0.25, -0.2) is 19.2 Å². The normalized spacial score (nSPS) is 26.6. The van der Waals surface area contributed by atoms with Gasteiger partial charge in [-0.1, -0.05) is 194 Å². The molecule has 4 fully saturated rings. The van der Waals surface area contributed by atoms with E-state index in [1.165, 1.54) is 80.5 Å². The van der Waals surface area contributed by atoms with Crippen LogP contribution in [0.2, 0.25) is 0 Å². The van der Waals surface area contributed by atoms with E-state index in [4.69, 9.17) is 80.5 Å². The number of allylic oxidation sites excluding steroid dienone is 12. The Labute approximate surface area is 855 Å². The maximum atomic E-state index is 13.3. The molecule has 7 rings (SSSR count). The molecule has 0 saturated carbocycles. The second-order valence-corrected chi connectivity index (χ2v) is 37.1. The third-order valence-electron chi connectivity index (χ3n) is 25.3. The summed E-state index contributed by atoms with van der Waals surface area (Å²) < 4.78 is 93.5. The molecule has 0 bridgehead atoms. The standard InChI is InChI=1S/C54H92N2O17.C49H72N2O16.4CH4/c1-12-67-50(63)38(23-13-14-27-55-53(64)72-49-43(59)40(70-51(66-11)46(49)62)29-69-52-45(61)44(60)42(58)39(71-52)28-65-10)56-41(57)30-68-47-34(6)35(7)48-37(36(47)8)24-26-54(9,73-48)25-17-22-33(5)21-16-20-32(4)19-15-18-31(2)3;1-5-6-7-8-9-10-11-12-13-14-15-16-17-18-19-20-21-22-23-24-39(52)51-36(46(58)61-3)31-34-25-27-35(28-26-34)63-30-29-50-49(59)67-45-41(54)38(65-47(62-4)44(45)57)33-64-48-43(56)42(55)40(53)37(66-48)32-60-2;;;;/h31-33,38-40,42-46,49,51-52,58-62H,12-30H2,1-11H3,(H,55,64)(H,56,57);6-7,9-10,12-13,15-16,18-19,21-22,25-28,36-38,40-45,47-48,53-57H,5,8,11,14,17,20,23-24,29-33H2,1-4H3,(H,50,59)(H,51,52);4*1H4/b;7-6-,10-9-,13-12-,16-15-,19-18-,22-21-;;;;/t32-,33-,38-,39?,40?,42+,43+,44-,45?,46?,49-,51-,52-,54-;36-,37?,38?,40+,41+,42-,43?,44?,45-,47-,48-;;;;/m00..../s1. The first-order valence-electron chi connectivity index (χ1n) is 49.6. The van der Waals surface area contributed by atoms with Crippen LogP contribution in [0.5, 0.6) is 17.2 Å². The maximum Gasteiger partial charge on any atom is 0.407 e. The molecule has 5 aliphatic rings. The molecule has 5 aliphatic heterocycles. The van der Waals surface area contributed by atoms with Crippen molar-refractivity contribution in [3.05, 3.63) is 125 Å². The third kappa shape index (κ3) is 44.7. The van der Waals surface area contributed by atoms with Crippen molar-refractivity contribution in [2.45, 2.75) is 387 Å².